The minimum atomic E-state index is 0.726. The molecule has 3 aromatic carbocycles. The highest BCUT2D eigenvalue weighted by atomic mass is 35.5. The zero-order valence-corrected chi connectivity index (χ0v) is 16.1. The molecule has 0 aromatic heterocycles. The van der Waals surface area contributed by atoms with Gasteiger partial charge < -0.3 is 5.43 Å². The monoisotopic (exact) mass is 377 g/mol. The Balaban J connectivity index is 1.35. The first-order chi connectivity index (χ1) is 13.2. The third-order valence-corrected chi connectivity index (χ3v) is 5.47. The van der Waals surface area contributed by atoms with E-state index in [9.17, 15) is 0 Å². The fourth-order valence-electron chi connectivity index (χ4n) is 3.65. The largest absolute Gasteiger partial charge is 0.319 e. The van der Waals surface area contributed by atoms with Gasteiger partial charge in [-0.05, 0) is 22.4 Å². The van der Waals surface area contributed by atoms with Gasteiger partial charge in [0, 0.05) is 43.3 Å². The van der Waals surface area contributed by atoms with Gasteiger partial charge in [0.1, 0.15) is 0 Å². The second kappa shape index (κ2) is 8.13. The number of hydrazine groups is 1. The van der Waals surface area contributed by atoms with Gasteiger partial charge in [0.05, 0.1) is 5.70 Å². The van der Waals surface area contributed by atoms with E-state index < -0.39 is 0 Å². The van der Waals surface area contributed by atoms with Crippen LogP contribution in [0.15, 0.2) is 73.3 Å². The molecule has 3 nitrogen and oxygen atoms in total. The molecule has 0 radical (unpaired) electrons. The lowest BCUT2D eigenvalue weighted by Gasteiger charge is -2.36. The number of halogens is 1. The van der Waals surface area contributed by atoms with E-state index in [1.807, 2.05) is 24.3 Å². The molecule has 1 aliphatic rings. The molecule has 4 rings (SSSR count). The van der Waals surface area contributed by atoms with Crippen molar-refractivity contribution >= 4 is 28.1 Å². The summed E-state index contributed by atoms with van der Waals surface area (Å²) in [6.45, 7) is 9.08. The smallest absolute Gasteiger partial charge is 0.0505 e. The lowest BCUT2D eigenvalue weighted by molar-refractivity contribution is 0.105. The first-order valence-corrected chi connectivity index (χ1v) is 9.73. The van der Waals surface area contributed by atoms with Crippen LogP contribution in [0, 0.1) is 0 Å². The Kier molecular flexibility index (Phi) is 5.44. The number of nitrogens with one attached hydrogen (secondary N) is 1. The van der Waals surface area contributed by atoms with Gasteiger partial charge in [0.25, 0.3) is 0 Å². The van der Waals surface area contributed by atoms with Gasteiger partial charge in [-0.15, -0.1) is 0 Å². The predicted molar refractivity (Wildman–Crippen MR) is 114 cm³/mol. The molecule has 0 atom stereocenters. The molecular formula is C23H24ClN3. The molecule has 0 unspecified atom stereocenters. The predicted octanol–water partition coefficient (Wildman–Crippen LogP) is 4.79. The van der Waals surface area contributed by atoms with Crippen molar-refractivity contribution in [1.82, 2.24) is 15.3 Å². The first-order valence-electron chi connectivity index (χ1n) is 9.35. The SMILES string of the molecule is C=C(NN1CCN(Cc2cccc3ccccc23)CC1)c1ccccc1Cl. The van der Waals surface area contributed by atoms with E-state index in [1.165, 1.54) is 16.3 Å². The van der Waals surface area contributed by atoms with Crippen molar-refractivity contribution in [3.05, 3.63) is 89.5 Å². The van der Waals surface area contributed by atoms with Crippen LogP contribution in [-0.4, -0.2) is 36.1 Å². The maximum Gasteiger partial charge on any atom is 0.0505 e. The van der Waals surface area contributed by atoms with Crippen molar-refractivity contribution in [1.29, 1.82) is 0 Å². The summed E-state index contributed by atoms with van der Waals surface area (Å²) in [6, 6.07) is 23.0. The summed E-state index contributed by atoms with van der Waals surface area (Å²) in [5.74, 6) is 0. The highest BCUT2D eigenvalue weighted by Gasteiger charge is 2.18. The van der Waals surface area contributed by atoms with E-state index in [0.29, 0.717) is 0 Å². The summed E-state index contributed by atoms with van der Waals surface area (Å²) in [7, 11) is 0. The zero-order chi connectivity index (χ0) is 18.6. The van der Waals surface area contributed by atoms with Crippen LogP contribution in [0.25, 0.3) is 16.5 Å². The van der Waals surface area contributed by atoms with Crippen LogP contribution in [0.5, 0.6) is 0 Å². The molecule has 0 spiro atoms. The molecule has 1 aliphatic heterocycles. The van der Waals surface area contributed by atoms with Gasteiger partial charge >= 0.3 is 0 Å². The quantitative estimate of drug-likeness (QED) is 0.689. The highest BCUT2D eigenvalue weighted by molar-refractivity contribution is 6.32. The number of rotatable bonds is 5. The number of hydrogen-bond acceptors (Lipinski definition) is 3. The Morgan fingerprint density at radius 2 is 1.59 bits per heavy atom. The lowest BCUT2D eigenvalue weighted by Crippen LogP contribution is -2.50. The molecule has 27 heavy (non-hydrogen) atoms. The summed E-state index contributed by atoms with van der Waals surface area (Å²) in [4.78, 5) is 2.51. The van der Waals surface area contributed by atoms with E-state index in [-0.39, 0.29) is 0 Å². The minimum absolute atomic E-state index is 0.726. The number of fused-ring (bicyclic) bond motifs is 1. The van der Waals surface area contributed by atoms with Crippen molar-refractivity contribution in [3.63, 3.8) is 0 Å². The fraction of sp³-hybridized carbons (Fsp3) is 0.217. The van der Waals surface area contributed by atoms with Crippen molar-refractivity contribution in [2.75, 3.05) is 26.2 Å². The molecule has 1 saturated heterocycles. The van der Waals surface area contributed by atoms with E-state index in [1.54, 1.807) is 0 Å². The van der Waals surface area contributed by atoms with Crippen LogP contribution in [0.3, 0.4) is 0 Å². The molecule has 0 aliphatic carbocycles. The van der Waals surface area contributed by atoms with E-state index in [2.05, 4.69) is 64.4 Å². The van der Waals surface area contributed by atoms with E-state index in [0.717, 1.165) is 49.0 Å². The molecular weight excluding hydrogens is 354 g/mol. The molecule has 0 saturated carbocycles. The molecule has 0 bridgehead atoms. The summed E-state index contributed by atoms with van der Waals surface area (Å²) in [6.07, 6.45) is 0. The summed E-state index contributed by atoms with van der Waals surface area (Å²) in [5, 5.41) is 5.62. The number of piperazine rings is 1. The number of nitrogens with zero attached hydrogens (tertiary/aromatic N) is 2. The number of hydrogen-bond donors (Lipinski definition) is 1. The van der Waals surface area contributed by atoms with Gasteiger partial charge in [-0.1, -0.05) is 78.8 Å². The molecule has 1 N–H and O–H groups in total. The number of benzene rings is 3. The van der Waals surface area contributed by atoms with Crippen LogP contribution in [0.2, 0.25) is 5.02 Å². The molecule has 1 heterocycles. The summed E-state index contributed by atoms with van der Waals surface area (Å²) in [5.41, 5.74) is 6.62. The maximum atomic E-state index is 6.27. The Labute approximate surface area is 165 Å². The Morgan fingerprint density at radius 1 is 0.889 bits per heavy atom. The summed E-state index contributed by atoms with van der Waals surface area (Å²) < 4.78 is 0. The Bertz CT molecular complexity index is 940. The standard InChI is InChI=1S/C23H24ClN3/c1-18(21-10-4-5-12-23(21)24)25-27-15-13-26(14-16-27)17-20-9-6-8-19-7-2-3-11-22(19)20/h2-12,25H,1,13-17H2. The van der Waals surface area contributed by atoms with E-state index in [4.69, 9.17) is 11.6 Å². The third-order valence-electron chi connectivity index (χ3n) is 5.14. The third kappa shape index (κ3) is 4.16. The Morgan fingerprint density at radius 3 is 2.41 bits per heavy atom. The second-order valence-electron chi connectivity index (χ2n) is 6.97. The molecule has 4 heteroatoms. The van der Waals surface area contributed by atoms with Crippen molar-refractivity contribution in [2.45, 2.75) is 6.54 Å². The molecule has 138 valence electrons. The lowest BCUT2D eigenvalue weighted by atomic mass is 10.0. The second-order valence-corrected chi connectivity index (χ2v) is 7.38. The molecule has 1 fully saturated rings. The average molecular weight is 378 g/mol. The van der Waals surface area contributed by atoms with Gasteiger partial charge in [0.2, 0.25) is 0 Å². The summed E-state index contributed by atoms with van der Waals surface area (Å²) >= 11 is 6.27. The van der Waals surface area contributed by atoms with E-state index >= 15 is 0 Å². The van der Waals surface area contributed by atoms with Gasteiger partial charge in [-0.3, -0.25) is 4.90 Å². The van der Waals surface area contributed by atoms with Crippen LogP contribution in [-0.2, 0) is 6.54 Å². The zero-order valence-electron chi connectivity index (χ0n) is 15.4. The topological polar surface area (TPSA) is 18.5 Å². The minimum Gasteiger partial charge on any atom is -0.319 e. The molecule has 3 aromatic rings. The highest BCUT2D eigenvalue weighted by Crippen LogP contribution is 2.22. The van der Waals surface area contributed by atoms with Gasteiger partial charge in [-0.25, -0.2) is 5.01 Å². The van der Waals surface area contributed by atoms with Crippen LogP contribution in [0.4, 0.5) is 0 Å². The van der Waals surface area contributed by atoms with Crippen LogP contribution >= 0.6 is 11.6 Å². The fourth-order valence-corrected chi connectivity index (χ4v) is 3.90. The maximum absolute atomic E-state index is 6.27. The average Bonchev–Trinajstić information content (AvgIpc) is 2.70. The van der Waals surface area contributed by atoms with Gasteiger partial charge in [-0.2, -0.15) is 0 Å². The van der Waals surface area contributed by atoms with Crippen molar-refractivity contribution < 1.29 is 0 Å². The molecule has 0 amide bonds. The first kappa shape index (κ1) is 18.1. The van der Waals surface area contributed by atoms with Gasteiger partial charge in [0.15, 0.2) is 0 Å². The normalized spacial score (nSPS) is 15.7. The Hall–Kier alpha value is -2.33. The van der Waals surface area contributed by atoms with Crippen molar-refractivity contribution in [3.8, 4) is 0 Å². The van der Waals surface area contributed by atoms with Crippen molar-refractivity contribution in [2.24, 2.45) is 0 Å². The van der Waals surface area contributed by atoms with Crippen LogP contribution < -0.4 is 5.43 Å². The van der Waals surface area contributed by atoms with Crippen LogP contribution in [0.1, 0.15) is 11.1 Å².